The lowest BCUT2D eigenvalue weighted by atomic mass is 10.1. The van der Waals surface area contributed by atoms with Crippen molar-refractivity contribution >= 4 is 10.9 Å². The lowest BCUT2D eigenvalue weighted by molar-refractivity contribution is 0.0514. The number of benzene rings is 1. The summed E-state index contributed by atoms with van der Waals surface area (Å²) in [6.07, 6.45) is 0.394. The highest BCUT2D eigenvalue weighted by Crippen LogP contribution is 2.24. The van der Waals surface area contributed by atoms with Gasteiger partial charge in [0, 0.05) is 44.0 Å². The maximum Gasteiger partial charge on any atom is 0.0755 e. The van der Waals surface area contributed by atoms with Crippen molar-refractivity contribution in [1.29, 1.82) is 0 Å². The van der Waals surface area contributed by atoms with E-state index in [2.05, 4.69) is 53.2 Å². The van der Waals surface area contributed by atoms with E-state index in [0.717, 1.165) is 50.5 Å². The van der Waals surface area contributed by atoms with Gasteiger partial charge in [-0.15, -0.1) is 0 Å². The Morgan fingerprint density at radius 1 is 1.14 bits per heavy atom. The normalized spacial score (nSPS) is 27.0. The minimum absolute atomic E-state index is 0.394. The maximum atomic E-state index is 6.03. The zero-order valence-electron chi connectivity index (χ0n) is 13.1. The van der Waals surface area contributed by atoms with Crippen LogP contribution >= 0.6 is 0 Å². The van der Waals surface area contributed by atoms with Gasteiger partial charge in [-0.3, -0.25) is 9.88 Å². The first kappa shape index (κ1) is 14.1. The van der Waals surface area contributed by atoms with Crippen LogP contribution in [0.1, 0.15) is 5.69 Å². The van der Waals surface area contributed by atoms with E-state index >= 15 is 0 Å². The van der Waals surface area contributed by atoms with E-state index in [1.165, 1.54) is 5.39 Å². The van der Waals surface area contributed by atoms with E-state index in [1.54, 1.807) is 0 Å². The van der Waals surface area contributed by atoms with Crippen molar-refractivity contribution in [2.75, 3.05) is 39.8 Å². The average molecular weight is 297 g/mol. The van der Waals surface area contributed by atoms with Gasteiger partial charge in [-0.2, -0.15) is 0 Å². The Morgan fingerprint density at radius 2 is 2.05 bits per heavy atom. The Morgan fingerprint density at radius 3 is 3.00 bits per heavy atom. The molecular formula is C18H23N3O. The van der Waals surface area contributed by atoms with Gasteiger partial charge in [-0.1, -0.05) is 24.3 Å². The predicted molar refractivity (Wildman–Crippen MR) is 87.7 cm³/mol. The van der Waals surface area contributed by atoms with Crippen molar-refractivity contribution in [1.82, 2.24) is 14.8 Å². The minimum Gasteiger partial charge on any atom is -0.375 e. The molecule has 0 radical (unpaired) electrons. The molecule has 4 nitrogen and oxygen atoms in total. The monoisotopic (exact) mass is 297 g/mol. The van der Waals surface area contributed by atoms with Gasteiger partial charge in [0.05, 0.1) is 23.9 Å². The standard InChI is InChI=1S/C18H23N3O/c1-20-8-9-22-18-13-21(11-15(18)10-20)12-16-7-6-14-4-2-3-5-17(14)19-16/h2-7,15,18H,8-13H2,1H3/t15-,18-/m1/s1. The molecule has 4 heteroatoms. The van der Waals surface area contributed by atoms with Crippen molar-refractivity contribution in [3.05, 3.63) is 42.1 Å². The number of likely N-dealkylation sites (N-methyl/N-ethyl adjacent to an activating group) is 1. The first-order chi connectivity index (χ1) is 10.8. The Kier molecular flexibility index (Phi) is 3.82. The van der Waals surface area contributed by atoms with Gasteiger partial charge < -0.3 is 9.64 Å². The minimum atomic E-state index is 0.394. The van der Waals surface area contributed by atoms with Crippen LogP contribution in [0.3, 0.4) is 0 Å². The molecule has 2 saturated heterocycles. The molecule has 1 aromatic carbocycles. The molecule has 2 aromatic rings. The molecule has 3 heterocycles. The predicted octanol–water partition coefficient (Wildman–Crippen LogP) is 2.00. The molecule has 2 fully saturated rings. The third-order valence-corrected chi connectivity index (χ3v) is 4.85. The van der Waals surface area contributed by atoms with Gasteiger partial charge in [0.15, 0.2) is 0 Å². The fourth-order valence-corrected chi connectivity index (χ4v) is 3.70. The highest BCUT2D eigenvalue weighted by Gasteiger charge is 2.35. The van der Waals surface area contributed by atoms with Crippen LogP contribution in [0.15, 0.2) is 36.4 Å². The Bertz CT molecular complexity index is 660. The van der Waals surface area contributed by atoms with Gasteiger partial charge >= 0.3 is 0 Å². The van der Waals surface area contributed by atoms with E-state index in [0.29, 0.717) is 12.0 Å². The number of hydrogen-bond donors (Lipinski definition) is 0. The van der Waals surface area contributed by atoms with E-state index in [1.807, 2.05) is 0 Å². The summed E-state index contributed by atoms with van der Waals surface area (Å²) in [6, 6.07) is 12.6. The molecule has 0 aliphatic carbocycles. The first-order valence-electron chi connectivity index (χ1n) is 8.15. The second-order valence-electron chi connectivity index (χ2n) is 6.62. The molecule has 2 atom stereocenters. The van der Waals surface area contributed by atoms with Gasteiger partial charge in [0.2, 0.25) is 0 Å². The van der Waals surface area contributed by atoms with Crippen LogP contribution in [0.5, 0.6) is 0 Å². The van der Waals surface area contributed by atoms with Gasteiger partial charge in [0.1, 0.15) is 0 Å². The molecular weight excluding hydrogens is 274 g/mol. The number of nitrogens with zero attached hydrogens (tertiary/aromatic N) is 3. The van der Waals surface area contributed by atoms with E-state index in [4.69, 9.17) is 9.72 Å². The first-order valence-corrected chi connectivity index (χ1v) is 8.15. The molecule has 0 saturated carbocycles. The van der Waals surface area contributed by atoms with Gasteiger partial charge in [-0.25, -0.2) is 0 Å². The van der Waals surface area contributed by atoms with Crippen LogP contribution in [0, 0.1) is 5.92 Å². The lowest BCUT2D eigenvalue weighted by Gasteiger charge is -2.19. The van der Waals surface area contributed by atoms with E-state index in [9.17, 15) is 0 Å². The fraction of sp³-hybridized carbons (Fsp3) is 0.500. The Balaban J connectivity index is 1.47. The van der Waals surface area contributed by atoms with Crippen LogP contribution in [0.2, 0.25) is 0 Å². The van der Waals surface area contributed by atoms with Crippen molar-refractivity contribution in [2.24, 2.45) is 5.92 Å². The molecule has 0 N–H and O–H groups in total. The van der Waals surface area contributed by atoms with Crippen LogP contribution in [0.25, 0.3) is 10.9 Å². The summed E-state index contributed by atoms with van der Waals surface area (Å²) >= 11 is 0. The molecule has 116 valence electrons. The number of hydrogen-bond acceptors (Lipinski definition) is 4. The fourth-order valence-electron chi connectivity index (χ4n) is 3.70. The Labute approximate surface area is 131 Å². The zero-order chi connectivity index (χ0) is 14.9. The Hall–Kier alpha value is -1.49. The summed E-state index contributed by atoms with van der Waals surface area (Å²) in [4.78, 5) is 9.68. The number of para-hydroxylation sites is 1. The lowest BCUT2D eigenvalue weighted by Crippen LogP contribution is -2.29. The molecule has 22 heavy (non-hydrogen) atoms. The molecule has 0 amide bonds. The second-order valence-corrected chi connectivity index (χ2v) is 6.62. The third-order valence-electron chi connectivity index (χ3n) is 4.85. The van der Waals surface area contributed by atoms with E-state index < -0.39 is 0 Å². The summed E-state index contributed by atoms with van der Waals surface area (Å²) in [5.41, 5.74) is 2.24. The van der Waals surface area contributed by atoms with Crippen molar-refractivity contribution in [3.63, 3.8) is 0 Å². The van der Waals surface area contributed by atoms with Crippen molar-refractivity contribution in [2.45, 2.75) is 12.6 Å². The van der Waals surface area contributed by atoms with Crippen LogP contribution in [-0.2, 0) is 11.3 Å². The van der Waals surface area contributed by atoms with Crippen molar-refractivity contribution in [3.8, 4) is 0 Å². The van der Waals surface area contributed by atoms with Gasteiger partial charge in [-0.05, 0) is 19.2 Å². The number of pyridine rings is 1. The summed E-state index contributed by atoms with van der Waals surface area (Å²) in [5.74, 6) is 0.632. The number of likely N-dealkylation sites (tertiary alicyclic amines) is 1. The third kappa shape index (κ3) is 2.86. The van der Waals surface area contributed by atoms with Crippen LogP contribution < -0.4 is 0 Å². The van der Waals surface area contributed by atoms with Crippen LogP contribution in [0.4, 0.5) is 0 Å². The molecule has 1 aromatic heterocycles. The largest absolute Gasteiger partial charge is 0.375 e. The highest BCUT2D eigenvalue weighted by atomic mass is 16.5. The zero-order valence-corrected chi connectivity index (χ0v) is 13.1. The smallest absolute Gasteiger partial charge is 0.0755 e. The summed E-state index contributed by atoms with van der Waals surface area (Å²) < 4.78 is 6.03. The maximum absolute atomic E-state index is 6.03. The topological polar surface area (TPSA) is 28.6 Å². The molecule has 4 rings (SSSR count). The molecule has 0 unspecified atom stereocenters. The SMILES string of the molecule is CN1CCO[C@@H]2CN(Cc3ccc4ccccc4n3)C[C@H]2C1. The van der Waals surface area contributed by atoms with Crippen molar-refractivity contribution < 1.29 is 4.74 Å². The molecule has 2 aliphatic rings. The average Bonchev–Trinajstić information content (AvgIpc) is 2.80. The highest BCUT2D eigenvalue weighted by molar-refractivity contribution is 5.78. The quantitative estimate of drug-likeness (QED) is 0.848. The molecule has 2 aliphatic heterocycles. The second kappa shape index (κ2) is 5.95. The summed E-state index contributed by atoms with van der Waals surface area (Å²) in [7, 11) is 2.19. The molecule has 0 bridgehead atoms. The molecule has 0 spiro atoms. The summed E-state index contributed by atoms with van der Waals surface area (Å²) in [5, 5.41) is 1.21. The number of ether oxygens (including phenoxy) is 1. The van der Waals surface area contributed by atoms with Crippen LogP contribution in [-0.4, -0.2) is 60.7 Å². The summed E-state index contributed by atoms with van der Waals surface area (Å²) in [6.45, 7) is 6.13. The number of aromatic nitrogens is 1. The number of rotatable bonds is 2. The number of fused-ring (bicyclic) bond motifs is 2. The van der Waals surface area contributed by atoms with E-state index in [-0.39, 0.29) is 0 Å². The van der Waals surface area contributed by atoms with Gasteiger partial charge in [0.25, 0.3) is 0 Å².